The van der Waals surface area contributed by atoms with Gasteiger partial charge in [-0.1, -0.05) is 0 Å². The van der Waals surface area contributed by atoms with Gasteiger partial charge in [-0.15, -0.1) is 0 Å². The first kappa shape index (κ1) is 24.8. The van der Waals surface area contributed by atoms with Gasteiger partial charge in [0, 0.05) is 12.6 Å². The zero-order valence-corrected chi connectivity index (χ0v) is 18.0. The first-order chi connectivity index (χ1) is 13.1. The fourth-order valence-corrected chi connectivity index (χ4v) is 5.38. The van der Waals surface area contributed by atoms with Crippen LogP contribution in [0.4, 0.5) is 0 Å². The highest BCUT2D eigenvalue weighted by atomic mass is 79.9. The highest BCUT2D eigenvalue weighted by Crippen LogP contribution is 2.61. The molecule has 166 valence electrons. The number of phosphoric acid groups is 3. The van der Waals surface area contributed by atoms with Crippen molar-refractivity contribution >= 4 is 39.4 Å². The third-order valence-corrected chi connectivity index (χ3v) is 7.49. The highest BCUT2D eigenvalue weighted by Gasteiger charge is 2.37. The number of aromatic amines is 1. The third kappa shape index (κ3) is 7.29. The van der Waals surface area contributed by atoms with Crippen molar-refractivity contribution in [2.45, 2.75) is 24.9 Å². The van der Waals surface area contributed by atoms with E-state index in [0.29, 0.717) is 0 Å². The van der Waals surface area contributed by atoms with Crippen molar-refractivity contribution in [2.24, 2.45) is 0 Å². The molecule has 0 bridgehead atoms. The van der Waals surface area contributed by atoms with Gasteiger partial charge in [0.2, 0.25) is 0 Å². The van der Waals surface area contributed by atoms with Crippen molar-refractivity contribution in [1.29, 1.82) is 0 Å². The lowest BCUT2D eigenvalue weighted by Crippen LogP contribution is -2.32. The smallest absolute Gasteiger partial charge is 0.330 e. The summed E-state index contributed by atoms with van der Waals surface area (Å²) in [6.45, 7) is -0.994. The molecule has 3 unspecified atom stereocenters. The van der Waals surface area contributed by atoms with Gasteiger partial charge in [0.15, 0.2) is 0 Å². The summed E-state index contributed by atoms with van der Waals surface area (Å²) in [5.74, 6) is 0. The molecular weight excluding hydrogens is 533 g/mol. The number of aliphatic hydroxyl groups excluding tert-OH is 1. The van der Waals surface area contributed by atoms with Gasteiger partial charge < -0.3 is 33.9 Å². The number of phosphoric ester groups is 1. The molecule has 29 heavy (non-hydrogen) atoms. The number of rotatable bonds is 8. The minimum atomic E-state index is -6.05. The Morgan fingerprint density at radius 1 is 1.24 bits per heavy atom. The third-order valence-electron chi connectivity index (χ3n) is 3.24. The van der Waals surface area contributed by atoms with Crippen molar-refractivity contribution in [3.8, 4) is 0 Å². The summed E-state index contributed by atoms with van der Waals surface area (Å²) in [6, 6.07) is 0. The molecular formula is C9H11BrN2O14P3-3. The number of hydrogen-bond acceptors (Lipinski definition) is 13. The number of hydrogen-bond donors (Lipinski definition) is 3. The summed E-state index contributed by atoms with van der Waals surface area (Å²) in [5, 5.41) is 9.93. The lowest BCUT2D eigenvalue weighted by atomic mass is 10.2. The predicted octanol–water partition coefficient (Wildman–Crippen LogP) is -2.61. The number of H-pyrrole nitrogens is 1. The molecule has 16 nitrogen and oxygen atoms in total. The molecule has 0 amide bonds. The molecule has 1 aliphatic heterocycles. The second-order valence-electron chi connectivity index (χ2n) is 5.40. The molecule has 2 rings (SSSR count). The average molecular weight is 544 g/mol. The quantitative estimate of drug-likeness (QED) is 0.284. The summed E-state index contributed by atoms with van der Waals surface area (Å²) < 4.78 is 49.8. The topological polar surface area (TPSA) is 253 Å². The van der Waals surface area contributed by atoms with E-state index in [0.717, 1.165) is 10.8 Å². The standard InChI is InChI=1S/C9H14BrN2O14P3/c10-4-2-12(9(15)11-8(4)14)7-1-5(13)6(24-7)3-23-28(19,20)26-29(21,22)25-27(16,17)18/h2,5-7,13H,1,3H2,(H,19,20)(H,21,22)(H,11,14,15)(H2,16,17,18)/p-3/t5-,6+,7+/m0/s1. The van der Waals surface area contributed by atoms with E-state index in [9.17, 15) is 43.1 Å². The molecule has 1 aromatic heterocycles. The Balaban J connectivity index is 2.03. The van der Waals surface area contributed by atoms with Gasteiger partial charge in [0.25, 0.3) is 29.0 Å². The monoisotopic (exact) mass is 543 g/mol. The Kier molecular flexibility index (Phi) is 7.62. The van der Waals surface area contributed by atoms with Crippen LogP contribution in [0.3, 0.4) is 0 Å². The highest BCUT2D eigenvalue weighted by molar-refractivity contribution is 9.10. The van der Waals surface area contributed by atoms with Crippen molar-refractivity contribution in [2.75, 3.05) is 6.61 Å². The number of ether oxygens (including phenoxy) is 1. The molecule has 0 aromatic carbocycles. The molecule has 1 fully saturated rings. The van der Waals surface area contributed by atoms with Crippen LogP contribution in [0.2, 0.25) is 0 Å². The maximum Gasteiger partial charge on any atom is 0.330 e. The Hall–Kier alpha value is -0.510. The number of aromatic nitrogens is 2. The van der Waals surface area contributed by atoms with Crippen molar-refractivity contribution in [1.82, 2.24) is 9.55 Å². The van der Waals surface area contributed by atoms with Crippen molar-refractivity contribution in [3.63, 3.8) is 0 Å². The minimum Gasteiger partial charge on any atom is -0.756 e. The molecule has 1 aromatic rings. The van der Waals surface area contributed by atoms with Gasteiger partial charge in [-0.25, -0.2) is 13.4 Å². The lowest BCUT2D eigenvalue weighted by molar-refractivity contribution is -0.250. The Morgan fingerprint density at radius 2 is 1.86 bits per heavy atom. The van der Waals surface area contributed by atoms with Gasteiger partial charge in [0.05, 0.1) is 17.2 Å². The zero-order valence-electron chi connectivity index (χ0n) is 13.7. The SMILES string of the molecule is O=c1[nH]c(=O)n([C@H]2C[C@H](O)[C@@H](COP(=O)([O-])OP(=O)([O-])OP(=O)([O-])O)O2)cc1Br. The summed E-state index contributed by atoms with van der Waals surface area (Å²) in [4.78, 5) is 66.3. The molecule has 0 aliphatic carbocycles. The molecule has 1 saturated heterocycles. The fourth-order valence-electron chi connectivity index (χ4n) is 2.16. The predicted molar refractivity (Wildman–Crippen MR) is 86.7 cm³/mol. The van der Waals surface area contributed by atoms with E-state index in [1.165, 1.54) is 0 Å². The Labute approximate surface area is 168 Å². The largest absolute Gasteiger partial charge is 0.756 e. The van der Waals surface area contributed by atoms with Crippen molar-refractivity contribution in [3.05, 3.63) is 31.5 Å². The Morgan fingerprint density at radius 3 is 2.45 bits per heavy atom. The van der Waals surface area contributed by atoms with Crippen LogP contribution in [-0.2, 0) is 31.6 Å². The van der Waals surface area contributed by atoms with Crippen LogP contribution in [0, 0.1) is 0 Å². The van der Waals surface area contributed by atoms with Gasteiger partial charge in [-0.2, -0.15) is 0 Å². The molecule has 0 saturated carbocycles. The number of aliphatic hydroxyl groups is 1. The average Bonchev–Trinajstić information content (AvgIpc) is 2.86. The van der Waals surface area contributed by atoms with Crippen LogP contribution in [0.1, 0.15) is 12.6 Å². The van der Waals surface area contributed by atoms with E-state index < -0.39 is 59.8 Å². The lowest BCUT2D eigenvalue weighted by Gasteiger charge is -2.33. The van der Waals surface area contributed by atoms with Gasteiger partial charge in [0.1, 0.15) is 12.3 Å². The van der Waals surface area contributed by atoms with Crippen LogP contribution in [0.15, 0.2) is 20.3 Å². The maximum atomic E-state index is 11.8. The molecule has 3 N–H and O–H groups in total. The van der Waals surface area contributed by atoms with E-state index in [2.05, 4.69) is 29.1 Å². The summed E-state index contributed by atoms with van der Waals surface area (Å²) in [7, 11) is -17.7. The number of halogens is 1. The van der Waals surface area contributed by atoms with E-state index in [1.807, 2.05) is 4.98 Å². The second kappa shape index (κ2) is 8.93. The molecule has 6 atom stereocenters. The first-order valence-corrected chi connectivity index (χ1v) is 12.4. The molecule has 1 aliphatic rings. The number of nitrogens with zero attached hydrogens (tertiary/aromatic N) is 1. The van der Waals surface area contributed by atoms with Gasteiger partial charge in [-0.3, -0.25) is 28.0 Å². The summed E-state index contributed by atoms with van der Waals surface area (Å²) in [5.41, 5.74) is -1.60. The normalized spacial score (nSPS) is 28.4. The summed E-state index contributed by atoms with van der Waals surface area (Å²) >= 11 is 2.89. The Bertz CT molecular complexity index is 1020. The molecule has 2 heterocycles. The van der Waals surface area contributed by atoms with Crippen LogP contribution in [0.5, 0.6) is 0 Å². The van der Waals surface area contributed by atoms with Crippen LogP contribution in [-0.4, -0.2) is 38.4 Å². The zero-order chi connectivity index (χ0) is 22.2. The summed E-state index contributed by atoms with van der Waals surface area (Å²) in [6.07, 6.45) is -3.07. The molecule has 20 heteroatoms. The molecule has 0 spiro atoms. The maximum absolute atomic E-state index is 11.8. The van der Waals surface area contributed by atoms with E-state index in [-0.39, 0.29) is 10.9 Å². The van der Waals surface area contributed by atoms with Crippen LogP contribution < -0.4 is 25.9 Å². The van der Waals surface area contributed by atoms with E-state index in [1.54, 1.807) is 0 Å². The van der Waals surface area contributed by atoms with E-state index in [4.69, 9.17) is 9.63 Å². The van der Waals surface area contributed by atoms with Gasteiger partial charge >= 0.3 is 5.69 Å². The molecule has 0 radical (unpaired) electrons. The van der Waals surface area contributed by atoms with Gasteiger partial charge in [-0.05, 0) is 15.9 Å². The van der Waals surface area contributed by atoms with Crippen LogP contribution in [0.25, 0.3) is 0 Å². The first-order valence-electron chi connectivity index (χ1n) is 7.16. The van der Waals surface area contributed by atoms with E-state index >= 15 is 0 Å². The van der Waals surface area contributed by atoms with Crippen LogP contribution >= 0.6 is 39.4 Å². The fraction of sp³-hybridized carbons (Fsp3) is 0.556. The van der Waals surface area contributed by atoms with Crippen molar-refractivity contribution < 1.29 is 56.3 Å². The second-order valence-corrected chi connectivity index (χ2v) is 10.5. The number of nitrogens with one attached hydrogen (secondary N) is 1. The minimum absolute atomic E-state index is 0.0295.